The molecule has 0 rings (SSSR count). The Labute approximate surface area is 304 Å². The van der Waals surface area contributed by atoms with Crippen LogP contribution in [0.25, 0.3) is 0 Å². The topological polar surface area (TPSA) is 63.6 Å². The number of carboxylic acid groups (broad SMARTS) is 1. The van der Waals surface area contributed by atoms with E-state index in [1.165, 1.54) is 96.3 Å². The Balaban J connectivity index is 4.03. The number of hydrogen-bond acceptors (Lipinski definition) is 3. The van der Waals surface area contributed by atoms with Crippen LogP contribution in [0.1, 0.15) is 219 Å². The number of ether oxygens (including phenoxy) is 1. The van der Waals surface area contributed by atoms with Crippen LogP contribution >= 0.6 is 0 Å². The maximum Gasteiger partial charge on any atom is 0.306 e. The summed E-state index contributed by atoms with van der Waals surface area (Å²) in [5, 5.41) is 8.83. The molecule has 0 radical (unpaired) electrons. The minimum atomic E-state index is -0.702. The summed E-state index contributed by atoms with van der Waals surface area (Å²) in [5.74, 6) is -0.711. The van der Waals surface area contributed by atoms with Gasteiger partial charge in [-0.2, -0.15) is 0 Å². The number of carboxylic acids is 1. The molecule has 0 amide bonds. The van der Waals surface area contributed by atoms with Gasteiger partial charge < -0.3 is 9.84 Å². The van der Waals surface area contributed by atoms with Crippen LogP contribution in [0, 0.1) is 0 Å². The molecule has 0 bridgehead atoms. The third-order valence-electron chi connectivity index (χ3n) is 9.32. The maximum atomic E-state index is 12.7. The van der Waals surface area contributed by atoms with E-state index in [9.17, 15) is 9.59 Å². The summed E-state index contributed by atoms with van der Waals surface area (Å²) < 4.78 is 6.01. The highest BCUT2D eigenvalue weighted by atomic mass is 16.5. The Hall–Kier alpha value is -2.10. The smallest absolute Gasteiger partial charge is 0.306 e. The van der Waals surface area contributed by atoms with E-state index in [4.69, 9.17) is 9.84 Å². The van der Waals surface area contributed by atoms with Gasteiger partial charge in [-0.1, -0.05) is 178 Å². The predicted octanol–water partition coefficient (Wildman–Crippen LogP) is 14.7. The number of carbonyl (C=O) groups is 2. The van der Waals surface area contributed by atoms with E-state index in [1.54, 1.807) is 0 Å². The maximum absolute atomic E-state index is 12.7. The van der Waals surface area contributed by atoms with Gasteiger partial charge in [0.1, 0.15) is 6.10 Å². The summed E-state index contributed by atoms with van der Waals surface area (Å²) in [6.07, 6.45) is 54.2. The first-order valence-electron chi connectivity index (χ1n) is 21.1. The van der Waals surface area contributed by atoms with E-state index in [0.29, 0.717) is 6.42 Å². The van der Waals surface area contributed by atoms with Gasteiger partial charge in [-0.15, -0.1) is 0 Å². The number of hydrogen-bond donors (Lipinski definition) is 1. The molecule has 0 aromatic rings. The molecule has 1 N–H and O–H groups in total. The highest BCUT2D eigenvalue weighted by Gasteiger charge is 2.14. The van der Waals surface area contributed by atoms with Crippen LogP contribution in [0.15, 0.2) is 48.6 Å². The molecule has 0 aliphatic carbocycles. The second kappa shape index (κ2) is 40.3. The predicted molar refractivity (Wildman–Crippen MR) is 213 cm³/mol. The van der Waals surface area contributed by atoms with E-state index >= 15 is 0 Å². The van der Waals surface area contributed by atoms with Gasteiger partial charge in [0.05, 0.1) is 0 Å². The van der Waals surface area contributed by atoms with Gasteiger partial charge >= 0.3 is 11.9 Å². The lowest BCUT2D eigenvalue weighted by Gasteiger charge is -2.18. The SMILES string of the molecule is CC/C=C\C/C=C\C/C=C\C/C=C\CCCCCCCCC(=O)OC(CCCCCCCCCCCCCC)CCCCCCCC(=O)O. The molecule has 0 saturated heterocycles. The van der Waals surface area contributed by atoms with Crippen molar-refractivity contribution in [3.63, 3.8) is 0 Å². The van der Waals surface area contributed by atoms with E-state index in [0.717, 1.165) is 96.3 Å². The van der Waals surface area contributed by atoms with Crippen LogP contribution in [0.2, 0.25) is 0 Å². The summed E-state index contributed by atoms with van der Waals surface area (Å²) in [6, 6.07) is 0. The molecule has 49 heavy (non-hydrogen) atoms. The van der Waals surface area contributed by atoms with E-state index in [1.807, 2.05) is 0 Å². The number of rotatable bonds is 38. The second-order valence-corrected chi connectivity index (χ2v) is 14.2. The molecule has 0 fully saturated rings. The Bertz CT molecular complexity index is 824. The number of carbonyl (C=O) groups excluding carboxylic acids is 1. The van der Waals surface area contributed by atoms with E-state index in [2.05, 4.69) is 62.5 Å². The van der Waals surface area contributed by atoms with Crippen molar-refractivity contribution in [1.29, 1.82) is 0 Å². The highest BCUT2D eigenvalue weighted by molar-refractivity contribution is 5.69. The van der Waals surface area contributed by atoms with Crippen LogP contribution in [-0.2, 0) is 14.3 Å². The van der Waals surface area contributed by atoms with Crippen LogP contribution in [0.4, 0.5) is 0 Å². The quantitative estimate of drug-likeness (QED) is 0.0399. The fourth-order valence-corrected chi connectivity index (χ4v) is 6.23. The highest BCUT2D eigenvalue weighted by Crippen LogP contribution is 2.19. The zero-order valence-corrected chi connectivity index (χ0v) is 32.5. The molecular formula is C45H80O4. The fourth-order valence-electron chi connectivity index (χ4n) is 6.23. The zero-order valence-electron chi connectivity index (χ0n) is 32.5. The molecular weight excluding hydrogens is 604 g/mol. The van der Waals surface area contributed by atoms with E-state index in [-0.39, 0.29) is 18.5 Å². The summed E-state index contributed by atoms with van der Waals surface area (Å²) in [7, 11) is 0. The van der Waals surface area contributed by atoms with Gasteiger partial charge in [-0.05, 0) is 77.0 Å². The minimum Gasteiger partial charge on any atom is -0.481 e. The molecule has 0 aliphatic rings. The number of allylic oxidation sites excluding steroid dienone is 8. The standard InChI is InChI=1S/C45H80O4/c1-3-5-7-9-11-13-15-17-18-19-20-21-22-23-25-27-29-34-38-42-45(48)49-43(40-36-32-30-33-37-41-44(46)47)39-35-31-28-26-24-16-14-12-10-8-6-4-2/h5,7,11,13,17-18,20-21,43H,3-4,6,8-10,12,14-16,19,22-42H2,1-2H3,(H,46,47)/b7-5-,13-11-,18-17-,21-20-. The van der Waals surface area contributed by atoms with Crippen LogP contribution < -0.4 is 0 Å². The van der Waals surface area contributed by atoms with Crippen molar-refractivity contribution in [3.8, 4) is 0 Å². The van der Waals surface area contributed by atoms with Crippen molar-refractivity contribution < 1.29 is 19.4 Å². The van der Waals surface area contributed by atoms with Crippen molar-refractivity contribution in [2.24, 2.45) is 0 Å². The third-order valence-corrected chi connectivity index (χ3v) is 9.32. The first kappa shape index (κ1) is 46.9. The second-order valence-electron chi connectivity index (χ2n) is 14.2. The Morgan fingerprint density at radius 2 is 0.857 bits per heavy atom. The molecule has 4 heteroatoms. The molecule has 1 unspecified atom stereocenters. The number of unbranched alkanes of at least 4 members (excludes halogenated alkanes) is 21. The summed E-state index contributed by atoms with van der Waals surface area (Å²) >= 11 is 0. The monoisotopic (exact) mass is 685 g/mol. The lowest BCUT2D eigenvalue weighted by Crippen LogP contribution is -2.18. The average Bonchev–Trinajstić information content (AvgIpc) is 3.09. The third kappa shape index (κ3) is 40.2. The normalized spacial score (nSPS) is 12.7. The lowest BCUT2D eigenvalue weighted by molar-refractivity contribution is -0.150. The van der Waals surface area contributed by atoms with Crippen molar-refractivity contribution in [1.82, 2.24) is 0 Å². The Morgan fingerprint density at radius 3 is 1.33 bits per heavy atom. The molecule has 0 spiro atoms. The number of esters is 1. The Morgan fingerprint density at radius 1 is 0.469 bits per heavy atom. The van der Waals surface area contributed by atoms with Crippen molar-refractivity contribution in [3.05, 3.63) is 48.6 Å². The molecule has 0 aromatic carbocycles. The molecule has 0 aromatic heterocycles. The zero-order chi connectivity index (χ0) is 35.7. The molecule has 4 nitrogen and oxygen atoms in total. The molecule has 0 heterocycles. The van der Waals surface area contributed by atoms with Gasteiger partial charge in [-0.3, -0.25) is 9.59 Å². The summed E-state index contributed by atoms with van der Waals surface area (Å²) in [6.45, 7) is 4.44. The molecule has 0 aliphatic heterocycles. The van der Waals surface area contributed by atoms with Crippen LogP contribution in [-0.4, -0.2) is 23.1 Å². The van der Waals surface area contributed by atoms with Gasteiger partial charge in [0, 0.05) is 12.8 Å². The van der Waals surface area contributed by atoms with Crippen LogP contribution in [0.5, 0.6) is 0 Å². The van der Waals surface area contributed by atoms with Crippen LogP contribution in [0.3, 0.4) is 0 Å². The van der Waals surface area contributed by atoms with E-state index < -0.39 is 5.97 Å². The minimum absolute atomic E-state index is 0.00951. The van der Waals surface area contributed by atoms with Gasteiger partial charge in [0.2, 0.25) is 0 Å². The first-order chi connectivity index (χ1) is 24.1. The Kier molecular flexibility index (Phi) is 38.6. The largest absolute Gasteiger partial charge is 0.481 e. The van der Waals surface area contributed by atoms with Gasteiger partial charge in [-0.25, -0.2) is 0 Å². The molecule has 284 valence electrons. The van der Waals surface area contributed by atoms with Crippen molar-refractivity contribution >= 4 is 11.9 Å². The summed E-state index contributed by atoms with van der Waals surface area (Å²) in [4.78, 5) is 23.4. The summed E-state index contributed by atoms with van der Waals surface area (Å²) in [5.41, 5.74) is 0. The molecule has 1 atom stereocenters. The average molecular weight is 685 g/mol. The van der Waals surface area contributed by atoms with Gasteiger partial charge in [0.15, 0.2) is 0 Å². The van der Waals surface area contributed by atoms with Crippen molar-refractivity contribution in [2.45, 2.75) is 225 Å². The van der Waals surface area contributed by atoms with Gasteiger partial charge in [0.25, 0.3) is 0 Å². The first-order valence-corrected chi connectivity index (χ1v) is 21.1. The lowest BCUT2D eigenvalue weighted by atomic mass is 10.0. The molecule has 0 saturated carbocycles. The fraction of sp³-hybridized carbons (Fsp3) is 0.778. The number of aliphatic carboxylic acids is 1. The van der Waals surface area contributed by atoms with Crippen molar-refractivity contribution in [2.75, 3.05) is 0 Å².